The number of amides is 2. The van der Waals surface area contributed by atoms with Gasteiger partial charge in [-0.05, 0) is 74.8 Å². The molecule has 1 unspecified atom stereocenters. The van der Waals surface area contributed by atoms with Crippen molar-refractivity contribution in [3.05, 3.63) is 35.4 Å². The summed E-state index contributed by atoms with van der Waals surface area (Å²) in [7, 11) is 2.15. The number of carbonyl (C=O) groups excluding carboxylic acids is 3. The monoisotopic (exact) mass is 455 g/mol. The molecule has 0 spiro atoms. The summed E-state index contributed by atoms with van der Waals surface area (Å²) in [5.41, 5.74) is 1.66. The Morgan fingerprint density at radius 1 is 1.09 bits per heavy atom. The Morgan fingerprint density at radius 2 is 1.76 bits per heavy atom. The van der Waals surface area contributed by atoms with Crippen molar-refractivity contribution in [1.29, 1.82) is 0 Å². The zero-order chi connectivity index (χ0) is 23.8. The minimum Gasteiger partial charge on any atom is -0.368 e. The molecule has 0 radical (unpaired) electrons. The second-order valence-corrected chi connectivity index (χ2v) is 11.1. The van der Waals surface area contributed by atoms with Crippen molar-refractivity contribution in [3.8, 4) is 0 Å². The van der Waals surface area contributed by atoms with Crippen LogP contribution in [0.15, 0.2) is 24.3 Å². The normalized spacial score (nSPS) is 25.2. The number of hydrogen-bond acceptors (Lipinski definition) is 5. The highest BCUT2D eigenvalue weighted by Gasteiger charge is 2.48. The van der Waals surface area contributed by atoms with Crippen LogP contribution in [-0.2, 0) is 14.3 Å². The maximum Gasteiger partial charge on any atom is 0.251 e. The fraction of sp³-hybridized carbons (Fsp3) is 0.654. The highest BCUT2D eigenvalue weighted by atomic mass is 16.5. The van der Waals surface area contributed by atoms with Crippen LogP contribution < -0.4 is 5.32 Å². The van der Waals surface area contributed by atoms with Gasteiger partial charge in [0.15, 0.2) is 5.78 Å². The summed E-state index contributed by atoms with van der Waals surface area (Å²) in [6.45, 7) is 8.89. The van der Waals surface area contributed by atoms with E-state index < -0.39 is 12.1 Å². The average molecular weight is 456 g/mol. The predicted octanol–water partition coefficient (Wildman–Crippen LogP) is 2.60. The van der Waals surface area contributed by atoms with Crippen LogP contribution in [0.1, 0.15) is 68.3 Å². The number of piperidine rings is 1. The van der Waals surface area contributed by atoms with Crippen molar-refractivity contribution >= 4 is 17.6 Å². The largest absolute Gasteiger partial charge is 0.368 e. The minimum atomic E-state index is -0.682. The first-order valence-electron chi connectivity index (χ1n) is 12.2. The SMILES string of the molecule is CN1CCC(c2ccc(C(=O)NC(CC(C)(C)C)C(=O)N3CC[C@H]4OCC(=O)[C@H]43)cc2)CC1. The Bertz CT molecular complexity index is 884. The van der Waals surface area contributed by atoms with Crippen molar-refractivity contribution in [2.24, 2.45) is 5.41 Å². The van der Waals surface area contributed by atoms with Crippen LogP contribution in [0.25, 0.3) is 0 Å². The van der Waals surface area contributed by atoms with E-state index in [-0.39, 0.29) is 35.7 Å². The van der Waals surface area contributed by atoms with Crippen LogP contribution in [-0.4, -0.2) is 78.9 Å². The summed E-state index contributed by atoms with van der Waals surface area (Å²) in [5, 5.41) is 2.98. The predicted molar refractivity (Wildman–Crippen MR) is 126 cm³/mol. The second-order valence-electron chi connectivity index (χ2n) is 11.1. The van der Waals surface area contributed by atoms with Gasteiger partial charge in [0.1, 0.15) is 18.7 Å². The third-order valence-corrected chi connectivity index (χ3v) is 7.18. The molecule has 7 heteroatoms. The molecule has 180 valence electrons. The number of rotatable bonds is 5. The molecule has 1 N–H and O–H groups in total. The first kappa shape index (κ1) is 23.9. The van der Waals surface area contributed by atoms with E-state index in [2.05, 4.69) is 17.3 Å². The highest BCUT2D eigenvalue weighted by molar-refractivity contribution is 5.99. The van der Waals surface area contributed by atoms with E-state index >= 15 is 0 Å². The van der Waals surface area contributed by atoms with Gasteiger partial charge in [0.25, 0.3) is 5.91 Å². The number of benzene rings is 1. The summed E-state index contributed by atoms with van der Waals surface area (Å²) < 4.78 is 5.53. The quantitative estimate of drug-likeness (QED) is 0.738. The van der Waals surface area contributed by atoms with Crippen molar-refractivity contribution < 1.29 is 19.1 Å². The van der Waals surface area contributed by atoms with E-state index in [0.717, 1.165) is 25.9 Å². The van der Waals surface area contributed by atoms with Gasteiger partial charge in [-0.2, -0.15) is 0 Å². The lowest BCUT2D eigenvalue weighted by Crippen LogP contribution is -2.53. The Balaban J connectivity index is 1.45. The van der Waals surface area contributed by atoms with Gasteiger partial charge in [0.05, 0.1) is 6.10 Å². The van der Waals surface area contributed by atoms with Crippen LogP contribution in [0.4, 0.5) is 0 Å². The van der Waals surface area contributed by atoms with E-state index in [1.54, 1.807) is 4.90 Å². The molecule has 33 heavy (non-hydrogen) atoms. The molecule has 3 aliphatic rings. The molecule has 1 aromatic rings. The Labute approximate surface area is 196 Å². The maximum atomic E-state index is 13.5. The molecule has 0 bridgehead atoms. The maximum absolute atomic E-state index is 13.5. The first-order chi connectivity index (χ1) is 15.6. The summed E-state index contributed by atoms with van der Waals surface area (Å²) in [6, 6.07) is 6.63. The van der Waals surface area contributed by atoms with E-state index in [0.29, 0.717) is 30.9 Å². The van der Waals surface area contributed by atoms with Crippen molar-refractivity contribution in [2.45, 2.75) is 70.6 Å². The minimum absolute atomic E-state index is 0.0452. The van der Waals surface area contributed by atoms with Gasteiger partial charge in [-0.3, -0.25) is 14.4 Å². The van der Waals surface area contributed by atoms with Crippen LogP contribution >= 0.6 is 0 Å². The summed E-state index contributed by atoms with van der Waals surface area (Å²) in [6.07, 6.45) is 3.21. The second kappa shape index (κ2) is 9.55. The fourth-order valence-corrected chi connectivity index (χ4v) is 5.34. The van der Waals surface area contributed by atoms with Crippen LogP contribution in [0, 0.1) is 5.41 Å². The molecule has 0 saturated carbocycles. The molecular weight excluding hydrogens is 418 g/mol. The van der Waals surface area contributed by atoms with Crippen molar-refractivity contribution in [1.82, 2.24) is 15.1 Å². The number of likely N-dealkylation sites (tertiary alicyclic amines) is 2. The fourth-order valence-electron chi connectivity index (χ4n) is 5.34. The molecule has 3 aliphatic heterocycles. The highest BCUT2D eigenvalue weighted by Crippen LogP contribution is 2.30. The Kier molecular flexibility index (Phi) is 6.91. The van der Waals surface area contributed by atoms with Gasteiger partial charge in [0.2, 0.25) is 5.91 Å². The summed E-state index contributed by atoms with van der Waals surface area (Å²) in [4.78, 5) is 42.8. The third-order valence-electron chi connectivity index (χ3n) is 7.18. The number of nitrogens with one attached hydrogen (secondary N) is 1. The van der Waals surface area contributed by atoms with Crippen molar-refractivity contribution in [2.75, 3.05) is 33.3 Å². The molecule has 3 atom stereocenters. The molecule has 1 aromatic carbocycles. The van der Waals surface area contributed by atoms with E-state index in [1.807, 2.05) is 45.0 Å². The van der Waals surface area contributed by atoms with E-state index in [4.69, 9.17) is 4.74 Å². The Morgan fingerprint density at radius 3 is 2.39 bits per heavy atom. The van der Waals surface area contributed by atoms with Gasteiger partial charge in [-0.15, -0.1) is 0 Å². The molecule has 3 fully saturated rings. The van der Waals surface area contributed by atoms with Crippen LogP contribution in [0.2, 0.25) is 0 Å². The lowest BCUT2D eigenvalue weighted by Gasteiger charge is -2.31. The van der Waals surface area contributed by atoms with Gasteiger partial charge in [0, 0.05) is 12.1 Å². The standard InChI is InChI=1S/C26H37N3O4/c1-26(2,3)15-20(25(32)29-14-11-22-23(29)21(30)16-33-22)27-24(31)19-7-5-17(6-8-19)18-9-12-28(4)13-10-18/h5-8,18,20,22-23H,9-16H2,1-4H3,(H,27,31)/t20?,22-,23-/m1/s1. The number of nitrogens with zero attached hydrogens (tertiary/aromatic N) is 2. The number of ether oxygens (including phenoxy) is 1. The number of carbonyl (C=O) groups is 3. The first-order valence-corrected chi connectivity index (χ1v) is 12.2. The zero-order valence-corrected chi connectivity index (χ0v) is 20.3. The Hall–Kier alpha value is -2.25. The van der Waals surface area contributed by atoms with Crippen LogP contribution in [0.3, 0.4) is 0 Å². The smallest absolute Gasteiger partial charge is 0.251 e. The number of hydrogen-bond donors (Lipinski definition) is 1. The van der Waals surface area contributed by atoms with E-state index in [9.17, 15) is 14.4 Å². The summed E-state index contributed by atoms with van der Waals surface area (Å²) >= 11 is 0. The van der Waals surface area contributed by atoms with Gasteiger partial charge in [-0.1, -0.05) is 32.9 Å². The molecule has 3 saturated heterocycles. The average Bonchev–Trinajstić information content (AvgIpc) is 3.35. The zero-order valence-electron chi connectivity index (χ0n) is 20.3. The lowest BCUT2D eigenvalue weighted by molar-refractivity contribution is -0.138. The molecule has 3 heterocycles. The lowest BCUT2D eigenvalue weighted by atomic mass is 9.87. The van der Waals surface area contributed by atoms with Crippen molar-refractivity contribution in [3.63, 3.8) is 0 Å². The topological polar surface area (TPSA) is 79.0 Å². The summed E-state index contributed by atoms with van der Waals surface area (Å²) in [5.74, 6) is 0.0452. The van der Waals surface area contributed by atoms with Gasteiger partial charge in [-0.25, -0.2) is 0 Å². The molecule has 7 nitrogen and oxygen atoms in total. The van der Waals surface area contributed by atoms with Crippen LogP contribution in [0.5, 0.6) is 0 Å². The number of fused-ring (bicyclic) bond motifs is 1. The van der Waals surface area contributed by atoms with Gasteiger partial charge < -0.3 is 19.9 Å². The molecule has 4 rings (SSSR count). The van der Waals surface area contributed by atoms with E-state index in [1.165, 1.54) is 5.56 Å². The van der Waals surface area contributed by atoms with Gasteiger partial charge >= 0.3 is 0 Å². The molecular formula is C26H37N3O4. The number of Topliss-reactive ketones (excluding diaryl/α,β-unsaturated/α-hetero) is 1. The molecule has 0 aliphatic carbocycles. The third kappa shape index (κ3) is 5.46. The molecule has 0 aromatic heterocycles. The molecule has 2 amide bonds. The number of ketones is 1.